The summed E-state index contributed by atoms with van der Waals surface area (Å²) in [7, 11) is 0. The molecular weight excluding hydrogens is 186 g/mol. The molecule has 76 valence electrons. The number of benzene rings is 1. The molecule has 0 amide bonds. The minimum Gasteiger partial charge on any atom is -0.468 e. The third-order valence-electron chi connectivity index (χ3n) is 2.97. The van der Waals surface area contributed by atoms with Gasteiger partial charge in [-0.25, -0.2) is 0 Å². The van der Waals surface area contributed by atoms with Gasteiger partial charge >= 0.3 is 0 Å². The van der Waals surface area contributed by atoms with Crippen LogP contribution in [0.2, 0.25) is 0 Å². The quantitative estimate of drug-likeness (QED) is 0.763. The third-order valence-corrected chi connectivity index (χ3v) is 2.97. The molecule has 1 aliphatic rings. The number of fused-ring (bicyclic) bond motifs is 1. The van der Waals surface area contributed by atoms with E-state index in [0.717, 1.165) is 18.7 Å². The molecule has 1 aromatic heterocycles. The lowest BCUT2D eigenvalue weighted by molar-refractivity contribution is 0.395. The molecule has 0 unspecified atom stereocenters. The van der Waals surface area contributed by atoms with Crippen molar-refractivity contribution < 1.29 is 4.42 Å². The zero-order valence-electron chi connectivity index (χ0n) is 8.44. The molecule has 0 radical (unpaired) electrons. The molecule has 0 fully saturated rings. The first-order valence-corrected chi connectivity index (χ1v) is 5.27. The van der Waals surface area contributed by atoms with Crippen LogP contribution < -0.4 is 5.32 Å². The van der Waals surface area contributed by atoms with Crippen molar-refractivity contribution in [1.82, 2.24) is 5.32 Å². The van der Waals surface area contributed by atoms with Crippen LogP contribution in [0.5, 0.6) is 0 Å². The molecule has 1 N–H and O–H groups in total. The Morgan fingerprint density at radius 3 is 2.73 bits per heavy atom. The normalized spacial score (nSPS) is 19.9. The van der Waals surface area contributed by atoms with E-state index in [0.29, 0.717) is 6.04 Å². The highest BCUT2D eigenvalue weighted by Crippen LogP contribution is 2.25. The van der Waals surface area contributed by atoms with Gasteiger partial charge in [0, 0.05) is 6.54 Å². The topological polar surface area (TPSA) is 25.2 Å². The van der Waals surface area contributed by atoms with Gasteiger partial charge < -0.3 is 9.73 Å². The van der Waals surface area contributed by atoms with Gasteiger partial charge in [-0.3, -0.25) is 0 Å². The van der Waals surface area contributed by atoms with E-state index in [1.807, 2.05) is 12.1 Å². The van der Waals surface area contributed by atoms with Crippen molar-refractivity contribution in [2.75, 3.05) is 0 Å². The first-order valence-electron chi connectivity index (χ1n) is 5.27. The molecule has 15 heavy (non-hydrogen) atoms. The summed E-state index contributed by atoms with van der Waals surface area (Å²) in [5.74, 6) is 1.03. The Bertz CT molecular complexity index is 447. The number of rotatable bonds is 1. The Kier molecular flexibility index (Phi) is 2.07. The molecule has 0 aliphatic carbocycles. The van der Waals surface area contributed by atoms with Crippen LogP contribution in [0, 0.1) is 0 Å². The SMILES string of the molecule is c1coc([C@H]2Cc3ccccc3CN2)c1. The van der Waals surface area contributed by atoms with Crippen LogP contribution in [0.15, 0.2) is 47.1 Å². The fraction of sp³-hybridized carbons (Fsp3) is 0.231. The zero-order chi connectivity index (χ0) is 10.1. The van der Waals surface area contributed by atoms with Crippen molar-refractivity contribution >= 4 is 0 Å². The second kappa shape index (κ2) is 3.55. The highest BCUT2D eigenvalue weighted by molar-refractivity contribution is 5.31. The number of nitrogens with one attached hydrogen (secondary N) is 1. The molecule has 0 saturated heterocycles. The third kappa shape index (κ3) is 1.57. The molecule has 0 spiro atoms. The van der Waals surface area contributed by atoms with Crippen LogP contribution in [-0.2, 0) is 13.0 Å². The summed E-state index contributed by atoms with van der Waals surface area (Å²) in [6, 6.07) is 12.9. The van der Waals surface area contributed by atoms with Gasteiger partial charge in [-0.05, 0) is 29.7 Å². The first-order chi connectivity index (χ1) is 7.43. The Morgan fingerprint density at radius 1 is 1.07 bits per heavy atom. The van der Waals surface area contributed by atoms with Gasteiger partial charge in [0.1, 0.15) is 5.76 Å². The van der Waals surface area contributed by atoms with Crippen molar-refractivity contribution in [3.63, 3.8) is 0 Å². The van der Waals surface area contributed by atoms with Crippen LogP contribution >= 0.6 is 0 Å². The lowest BCUT2D eigenvalue weighted by Gasteiger charge is -2.24. The minimum absolute atomic E-state index is 0.329. The average Bonchev–Trinajstić information content (AvgIpc) is 2.82. The highest BCUT2D eigenvalue weighted by Gasteiger charge is 2.20. The summed E-state index contributed by atoms with van der Waals surface area (Å²) in [5, 5.41) is 3.48. The molecule has 1 aromatic carbocycles. The molecule has 0 saturated carbocycles. The van der Waals surface area contributed by atoms with E-state index < -0.39 is 0 Å². The predicted molar refractivity (Wildman–Crippen MR) is 58.4 cm³/mol. The molecule has 2 nitrogen and oxygen atoms in total. The van der Waals surface area contributed by atoms with Crippen molar-refractivity contribution in [3.05, 3.63) is 59.5 Å². The Morgan fingerprint density at radius 2 is 1.93 bits per heavy atom. The van der Waals surface area contributed by atoms with Gasteiger partial charge in [-0.15, -0.1) is 0 Å². The van der Waals surface area contributed by atoms with Crippen LogP contribution in [0.4, 0.5) is 0 Å². The molecule has 2 heterocycles. The summed E-state index contributed by atoms with van der Waals surface area (Å²) < 4.78 is 5.43. The van der Waals surface area contributed by atoms with Crippen LogP contribution in [0.1, 0.15) is 22.9 Å². The second-order valence-electron chi connectivity index (χ2n) is 3.92. The fourth-order valence-corrected chi connectivity index (χ4v) is 2.15. The Labute approximate surface area is 88.9 Å². The van der Waals surface area contributed by atoms with Crippen molar-refractivity contribution in [2.45, 2.75) is 19.0 Å². The van der Waals surface area contributed by atoms with Crippen molar-refractivity contribution in [2.24, 2.45) is 0 Å². The number of hydrogen-bond acceptors (Lipinski definition) is 2. The lowest BCUT2D eigenvalue weighted by Crippen LogP contribution is -2.28. The van der Waals surface area contributed by atoms with E-state index in [1.165, 1.54) is 11.1 Å². The van der Waals surface area contributed by atoms with E-state index in [4.69, 9.17) is 4.42 Å². The van der Waals surface area contributed by atoms with Crippen LogP contribution in [0.3, 0.4) is 0 Å². The van der Waals surface area contributed by atoms with Gasteiger partial charge in [0.25, 0.3) is 0 Å². The van der Waals surface area contributed by atoms with Gasteiger partial charge in [0.15, 0.2) is 0 Å². The maximum Gasteiger partial charge on any atom is 0.121 e. The van der Waals surface area contributed by atoms with E-state index in [2.05, 4.69) is 29.6 Å². The van der Waals surface area contributed by atoms with E-state index in [9.17, 15) is 0 Å². The van der Waals surface area contributed by atoms with Crippen LogP contribution in [0.25, 0.3) is 0 Å². The average molecular weight is 199 g/mol. The highest BCUT2D eigenvalue weighted by atomic mass is 16.3. The maximum absolute atomic E-state index is 5.43. The summed E-state index contributed by atoms with van der Waals surface area (Å²) in [6.07, 6.45) is 2.75. The zero-order valence-corrected chi connectivity index (χ0v) is 8.44. The molecule has 2 heteroatoms. The summed E-state index contributed by atoms with van der Waals surface area (Å²) in [6.45, 7) is 0.932. The van der Waals surface area contributed by atoms with Crippen molar-refractivity contribution in [1.29, 1.82) is 0 Å². The second-order valence-corrected chi connectivity index (χ2v) is 3.92. The number of furan rings is 1. The van der Waals surface area contributed by atoms with Gasteiger partial charge in [-0.2, -0.15) is 0 Å². The fourth-order valence-electron chi connectivity index (χ4n) is 2.15. The molecule has 0 bridgehead atoms. The smallest absolute Gasteiger partial charge is 0.121 e. The Balaban J connectivity index is 1.89. The van der Waals surface area contributed by atoms with E-state index >= 15 is 0 Å². The van der Waals surface area contributed by atoms with E-state index in [1.54, 1.807) is 6.26 Å². The summed E-state index contributed by atoms with van der Waals surface area (Å²) in [4.78, 5) is 0. The van der Waals surface area contributed by atoms with Crippen LogP contribution in [-0.4, -0.2) is 0 Å². The van der Waals surface area contributed by atoms with E-state index in [-0.39, 0.29) is 0 Å². The molecule has 1 atom stereocenters. The summed E-state index contributed by atoms with van der Waals surface area (Å²) >= 11 is 0. The lowest BCUT2D eigenvalue weighted by atomic mass is 9.95. The van der Waals surface area contributed by atoms with Gasteiger partial charge in [-0.1, -0.05) is 24.3 Å². The minimum atomic E-state index is 0.329. The van der Waals surface area contributed by atoms with Gasteiger partial charge in [0.05, 0.1) is 12.3 Å². The molecule has 3 rings (SSSR count). The Hall–Kier alpha value is -1.54. The maximum atomic E-state index is 5.43. The molecular formula is C13H13NO. The standard InChI is InChI=1S/C13H13NO/c1-2-5-11-9-14-12(8-10(11)4-1)13-6-3-7-15-13/h1-7,12,14H,8-9H2/t12-/m1/s1. The number of hydrogen-bond donors (Lipinski definition) is 1. The molecule has 1 aliphatic heterocycles. The molecule has 2 aromatic rings. The monoisotopic (exact) mass is 199 g/mol. The predicted octanol–water partition coefficient (Wildman–Crippen LogP) is 2.67. The largest absolute Gasteiger partial charge is 0.468 e. The van der Waals surface area contributed by atoms with Gasteiger partial charge in [0.2, 0.25) is 0 Å². The first kappa shape index (κ1) is 8.74. The summed E-state index contributed by atoms with van der Waals surface area (Å²) in [5.41, 5.74) is 2.83. The van der Waals surface area contributed by atoms with Crippen molar-refractivity contribution in [3.8, 4) is 0 Å².